The molecule has 0 saturated carbocycles. The fourth-order valence-corrected chi connectivity index (χ4v) is 3.97. The molecule has 0 heterocycles. The Hall–Kier alpha value is -3.78. The molecule has 0 aromatic heterocycles. The van der Waals surface area contributed by atoms with Gasteiger partial charge in [0.15, 0.2) is 0 Å². The van der Waals surface area contributed by atoms with Gasteiger partial charge in [0.05, 0.1) is 0 Å². The predicted molar refractivity (Wildman–Crippen MR) is 139 cm³/mol. The molecule has 4 aromatic rings. The number of benzene rings is 4. The van der Waals surface area contributed by atoms with Crippen LogP contribution in [0.3, 0.4) is 0 Å². The van der Waals surface area contributed by atoms with E-state index in [1.54, 1.807) is 0 Å². The van der Waals surface area contributed by atoms with E-state index in [9.17, 15) is 0 Å². The Morgan fingerprint density at radius 1 is 0.375 bits per heavy atom. The van der Waals surface area contributed by atoms with Gasteiger partial charge < -0.3 is 9.80 Å². The molecule has 0 spiro atoms. The maximum atomic E-state index is 2.23. The van der Waals surface area contributed by atoms with Crippen molar-refractivity contribution in [3.05, 3.63) is 131 Å². The van der Waals surface area contributed by atoms with Gasteiger partial charge in [0, 0.05) is 39.6 Å². The largest absolute Gasteiger partial charge is 0.378 e. The van der Waals surface area contributed by atoms with Crippen LogP contribution in [0.1, 0.15) is 22.3 Å². The van der Waals surface area contributed by atoms with E-state index in [2.05, 4.69) is 147 Å². The molecule has 0 amide bonds. The molecule has 32 heavy (non-hydrogen) atoms. The smallest absolute Gasteiger partial charge is 0.0361 e. The lowest BCUT2D eigenvalue weighted by molar-refractivity contribution is 1.13. The van der Waals surface area contributed by atoms with Gasteiger partial charge in [-0.05, 0) is 57.7 Å². The Bertz CT molecular complexity index is 1070. The fourth-order valence-electron chi connectivity index (χ4n) is 3.97. The summed E-state index contributed by atoms with van der Waals surface area (Å²) < 4.78 is 0. The van der Waals surface area contributed by atoms with Crippen LogP contribution in [0.5, 0.6) is 0 Å². The van der Waals surface area contributed by atoms with Crippen molar-refractivity contribution in [2.75, 3.05) is 38.0 Å². The van der Waals surface area contributed by atoms with E-state index in [1.165, 1.54) is 44.8 Å². The number of nitrogens with zero attached hydrogens (tertiary/aromatic N) is 2. The molecule has 0 radical (unpaired) electrons. The molecule has 4 aromatic carbocycles. The summed E-state index contributed by atoms with van der Waals surface area (Å²) in [6.45, 7) is 0. The minimum absolute atomic E-state index is 1.19. The van der Waals surface area contributed by atoms with Crippen molar-refractivity contribution in [2.45, 2.75) is 0 Å². The molecule has 0 N–H and O–H groups in total. The van der Waals surface area contributed by atoms with Crippen LogP contribution in [0.2, 0.25) is 0 Å². The molecular formula is C30H30N2. The lowest BCUT2D eigenvalue weighted by atomic mass is 9.85. The molecular weight excluding hydrogens is 388 g/mol. The minimum atomic E-state index is 1.19. The van der Waals surface area contributed by atoms with Gasteiger partial charge in [-0.2, -0.15) is 0 Å². The van der Waals surface area contributed by atoms with Crippen molar-refractivity contribution in [2.24, 2.45) is 0 Å². The molecule has 0 fully saturated rings. The highest BCUT2D eigenvalue weighted by Gasteiger charge is 2.16. The molecule has 0 saturated heterocycles. The second-order valence-corrected chi connectivity index (χ2v) is 8.36. The molecule has 0 atom stereocenters. The van der Waals surface area contributed by atoms with E-state index in [0.29, 0.717) is 0 Å². The number of anilines is 2. The Morgan fingerprint density at radius 3 is 0.938 bits per heavy atom. The fraction of sp³-hybridized carbons (Fsp3) is 0.133. The van der Waals surface area contributed by atoms with Crippen molar-refractivity contribution < 1.29 is 0 Å². The quantitative estimate of drug-likeness (QED) is 0.317. The zero-order valence-corrected chi connectivity index (χ0v) is 19.3. The first kappa shape index (κ1) is 21.5. The van der Waals surface area contributed by atoms with Gasteiger partial charge in [0.2, 0.25) is 0 Å². The summed E-state index contributed by atoms with van der Waals surface area (Å²) in [6, 6.07) is 39.1. The third-order valence-electron chi connectivity index (χ3n) is 5.72. The first-order chi connectivity index (χ1) is 15.5. The summed E-state index contributed by atoms with van der Waals surface area (Å²) in [4.78, 5) is 4.27. The highest BCUT2D eigenvalue weighted by atomic mass is 15.1. The summed E-state index contributed by atoms with van der Waals surface area (Å²) in [5.74, 6) is 0. The molecule has 0 bridgehead atoms. The summed E-state index contributed by atoms with van der Waals surface area (Å²) >= 11 is 0. The predicted octanol–water partition coefficient (Wildman–Crippen LogP) is 6.83. The first-order valence-corrected chi connectivity index (χ1v) is 11.0. The number of hydrogen-bond donors (Lipinski definition) is 0. The van der Waals surface area contributed by atoms with Crippen molar-refractivity contribution >= 4 is 22.5 Å². The van der Waals surface area contributed by atoms with Gasteiger partial charge in [0.25, 0.3) is 0 Å². The van der Waals surface area contributed by atoms with E-state index in [0.717, 1.165) is 0 Å². The third-order valence-corrected chi connectivity index (χ3v) is 5.72. The maximum Gasteiger partial charge on any atom is 0.0361 e. The van der Waals surface area contributed by atoms with Gasteiger partial charge in [-0.15, -0.1) is 0 Å². The number of rotatable bonds is 6. The molecule has 2 heteroatoms. The van der Waals surface area contributed by atoms with Gasteiger partial charge in [-0.1, -0.05) is 84.9 Å². The molecule has 0 aliphatic carbocycles. The van der Waals surface area contributed by atoms with Gasteiger partial charge in [-0.3, -0.25) is 0 Å². The zero-order valence-electron chi connectivity index (χ0n) is 19.3. The SMILES string of the molecule is CN(C)c1ccc(/C(=C(/c2ccccc2)c2ccc(N(C)C)cc2)c2ccccc2)cc1. The Balaban J connectivity index is 2.01. The topological polar surface area (TPSA) is 6.48 Å². The van der Waals surface area contributed by atoms with Crippen LogP contribution in [0.4, 0.5) is 11.4 Å². The molecule has 0 aliphatic rings. The van der Waals surface area contributed by atoms with Gasteiger partial charge in [0.1, 0.15) is 0 Å². The second-order valence-electron chi connectivity index (χ2n) is 8.36. The molecule has 0 unspecified atom stereocenters. The lowest BCUT2D eigenvalue weighted by Gasteiger charge is -2.20. The van der Waals surface area contributed by atoms with E-state index in [4.69, 9.17) is 0 Å². The van der Waals surface area contributed by atoms with Crippen LogP contribution in [0.15, 0.2) is 109 Å². The lowest BCUT2D eigenvalue weighted by Crippen LogP contribution is -2.08. The minimum Gasteiger partial charge on any atom is -0.378 e. The highest BCUT2D eigenvalue weighted by molar-refractivity contribution is 6.04. The van der Waals surface area contributed by atoms with E-state index >= 15 is 0 Å². The Kier molecular flexibility index (Phi) is 6.42. The summed E-state index contributed by atoms with van der Waals surface area (Å²) in [5, 5.41) is 0. The molecule has 2 nitrogen and oxygen atoms in total. The zero-order chi connectivity index (χ0) is 22.5. The molecule has 0 aliphatic heterocycles. The van der Waals surface area contributed by atoms with E-state index in [1.807, 2.05) is 0 Å². The summed E-state index contributed by atoms with van der Waals surface area (Å²) in [5.41, 5.74) is 9.69. The van der Waals surface area contributed by atoms with Crippen LogP contribution in [-0.2, 0) is 0 Å². The van der Waals surface area contributed by atoms with Crippen molar-refractivity contribution in [1.82, 2.24) is 0 Å². The van der Waals surface area contributed by atoms with E-state index < -0.39 is 0 Å². The Labute approximate surface area is 192 Å². The van der Waals surface area contributed by atoms with Crippen LogP contribution < -0.4 is 9.80 Å². The van der Waals surface area contributed by atoms with Crippen LogP contribution in [0, 0.1) is 0 Å². The average Bonchev–Trinajstić information content (AvgIpc) is 2.84. The maximum absolute atomic E-state index is 2.23. The number of hydrogen-bond acceptors (Lipinski definition) is 2. The van der Waals surface area contributed by atoms with Crippen LogP contribution >= 0.6 is 0 Å². The molecule has 160 valence electrons. The van der Waals surface area contributed by atoms with Crippen LogP contribution in [-0.4, -0.2) is 28.2 Å². The van der Waals surface area contributed by atoms with E-state index in [-0.39, 0.29) is 0 Å². The van der Waals surface area contributed by atoms with Gasteiger partial charge in [-0.25, -0.2) is 0 Å². The monoisotopic (exact) mass is 418 g/mol. The summed E-state index contributed by atoms with van der Waals surface area (Å²) in [6.07, 6.45) is 0. The summed E-state index contributed by atoms with van der Waals surface area (Å²) in [7, 11) is 8.30. The second kappa shape index (κ2) is 9.57. The third kappa shape index (κ3) is 4.60. The van der Waals surface area contributed by atoms with Crippen LogP contribution in [0.25, 0.3) is 11.1 Å². The normalized spacial score (nSPS) is 11.6. The standard InChI is InChI=1S/C30H30N2/c1-31(2)27-19-15-25(16-20-27)29(23-11-7-5-8-12-23)30(24-13-9-6-10-14-24)26-17-21-28(22-18-26)32(3)4/h5-22H,1-4H3/b30-29-. The highest BCUT2D eigenvalue weighted by Crippen LogP contribution is 2.37. The van der Waals surface area contributed by atoms with Crippen molar-refractivity contribution in [3.8, 4) is 0 Å². The molecule has 4 rings (SSSR count). The Morgan fingerprint density at radius 2 is 0.656 bits per heavy atom. The van der Waals surface area contributed by atoms with Crippen molar-refractivity contribution in [3.63, 3.8) is 0 Å². The average molecular weight is 419 g/mol. The van der Waals surface area contributed by atoms with Crippen molar-refractivity contribution in [1.29, 1.82) is 0 Å². The first-order valence-electron chi connectivity index (χ1n) is 11.0. The van der Waals surface area contributed by atoms with Gasteiger partial charge >= 0.3 is 0 Å².